The zero-order valence-corrected chi connectivity index (χ0v) is 12.8. The molecule has 2 aromatic rings. The number of hydrogen-bond acceptors (Lipinski definition) is 4. The Kier molecular flexibility index (Phi) is 3.37. The van der Waals surface area contributed by atoms with Crippen LogP contribution < -0.4 is 0 Å². The molecule has 1 aromatic heterocycles. The largest absolute Gasteiger partial charge is 0.341 e. The van der Waals surface area contributed by atoms with E-state index in [2.05, 4.69) is 10.1 Å². The molecule has 6 heteroatoms. The maximum atomic E-state index is 12.2. The van der Waals surface area contributed by atoms with Crippen molar-refractivity contribution < 1.29 is 9.32 Å². The van der Waals surface area contributed by atoms with Gasteiger partial charge in [-0.15, -0.1) is 0 Å². The van der Waals surface area contributed by atoms with Crippen LogP contribution in [0.25, 0.3) is 0 Å². The Bertz CT molecular complexity index is 688. The van der Waals surface area contributed by atoms with Crippen LogP contribution in [0.2, 0.25) is 5.02 Å². The molecule has 0 spiro atoms. The molecule has 22 heavy (non-hydrogen) atoms. The lowest BCUT2D eigenvalue weighted by Gasteiger charge is -2.37. The van der Waals surface area contributed by atoms with E-state index in [9.17, 15) is 4.79 Å². The van der Waals surface area contributed by atoms with Gasteiger partial charge in [-0.25, -0.2) is 0 Å². The van der Waals surface area contributed by atoms with Crippen molar-refractivity contribution in [1.82, 2.24) is 15.0 Å². The average Bonchev–Trinajstić information content (AvgIpc) is 3.20. The molecule has 1 saturated heterocycles. The van der Waals surface area contributed by atoms with Gasteiger partial charge in [-0.3, -0.25) is 4.79 Å². The predicted octanol–water partition coefficient (Wildman–Crippen LogP) is 2.77. The molecular weight excluding hydrogens is 302 g/mol. The maximum absolute atomic E-state index is 12.2. The fourth-order valence-electron chi connectivity index (χ4n) is 2.65. The molecule has 2 fully saturated rings. The molecule has 0 unspecified atom stereocenters. The summed E-state index contributed by atoms with van der Waals surface area (Å²) in [5, 5.41) is 4.71. The quantitative estimate of drug-likeness (QED) is 0.870. The summed E-state index contributed by atoms with van der Waals surface area (Å²) in [4.78, 5) is 18.5. The first-order chi connectivity index (χ1) is 10.7. The smallest absolute Gasteiger partial charge is 0.233 e. The van der Waals surface area contributed by atoms with Crippen molar-refractivity contribution in [3.63, 3.8) is 0 Å². The second kappa shape index (κ2) is 5.39. The number of amides is 1. The Morgan fingerprint density at radius 1 is 1.23 bits per heavy atom. The number of hydrogen-bond donors (Lipinski definition) is 0. The van der Waals surface area contributed by atoms with E-state index in [1.54, 1.807) is 12.1 Å². The number of halogens is 1. The monoisotopic (exact) mass is 317 g/mol. The Morgan fingerprint density at radius 3 is 2.64 bits per heavy atom. The number of rotatable bonds is 4. The Hall–Kier alpha value is -1.88. The minimum absolute atomic E-state index is 0.125. The van der Waals surface area contributed by atoms with Crippen molar-refractivity contribution in [2.75, 3.05) is 13.1 Å². The van der Waals surface area contributed by atoms with Gasteiger partial charge in [-0.05, 0) is 30.5 Å². The fraction of sp³-hybridized carbons (Fsp3) is 0.438. The molecule has 1 saturated carbocycles. The van der Waals surface area contributed by atoms with Gasteiger partial charge in [0.2, 0.25) is 11.8 Å². The van der Waals surface area contributed by atoms with Gasteiger partial charge >= 0.3 is 0 Å². The lowest BCUT2D eigenvalue weighted by Crippen LogP contribution is -2.49. The van der Waals surface area contributed by atoms with Crippen LogP contribution in [-0.2, 0) is 11.2 Å². The first-order valence-corrected chi connectivity index (χ1v) is 7.92. The van der Waals surface area contributed by atoms with Crippen molar-refractivity contribution in [2.45, 2.75) is 31.1 Å². The van der Waals surface area contributed by atoms with Crippen LogP contribution in [0.3, 0.4) is 0 Å². The molecule has 5 nitrogen and oxygen atoms in total. The summed E-state index contributed by atoms with van der Waals surface area (Å²) in [6.07, 6.45) is 2.73. The molecule has 1 amide bonds. The third kappa shape index (κ3) is 2.73. The van der Waals surface area contributed by atoms with E-state index in [-0.39, 0.29) is 11.8 Å². The van der Waals surface area contributed by atoms with E-state index in [4.69, 9.17) is 16.1 Å². The zero-order chi connectivity index (χ0) is 15.1. The standard InChI is InChI=1S/C16H16ClN3O2/c17-13-5-1-10(2-6-13)7-14(21)20-8-12(9-20)16-18-15(19-22-16)11-3-4-11/h1-2,5-6,11-12H,3-4,7-9H2. The van der Waals surface area contributed by atoms with Gasteiger partial charge in [0.25, 0.3) is 0 Å². The lowest BCUT2D eigenvalue weighted by atomic mass is 9.99. The maximum Gasteiger partial charge on any atom is 0.233 e. The number of benzene rings is 1. The van der Waals surface area contributed by atoms with Crippen molar-refractivity contribution in [2.24, 2.45) is 0 Å². The van der Waals surface area contributed by atoms with Crippen LogP contribution in [0.1, 0.15) is 42.0 Å². The molecule has 2 heterocycles. The predicted molar refractivity (Wildman–Crippen MR) is 80.8 cm³/mol. The first-order valence-electron chi connectivity index (χ1n) is 7.55. The number of nitrogens with zero attached hydrogens (tertiary/aromatic N) is 3. The van der Waals surface area contributed by atoms with Crippen molar-refractivity contribution in [3.05, 3.63) is 46.6 Å². The van der Waals surface area contributed by atoms with Gasteiger partial charge in [0.05, 0.1) is 12.3 Å². The van der Waals surface area contributed by atoms with Crippen LogP contribution in [0.4, 0.5) is 0 Å². The Labute approximate surface area is 133 Å². The van der Waals surface area contributed by atoms with E-state index < -0.39 is 0 Å². The minimum Gasteiger partial charge on any atom is -0.341 e. The molecule has 1 aromatic carbocycles. The summed E-state index contributed by atoms with van der Waals surface area (Å²) in [6.45, 7) is 1.33. The van der Waals surface area contributed by atoms with Crippen LogP contribution in [0.15, 0.2) is 28.8 Å². The molecule has 1 aliphatic heterocycles. The summed E-state index contributed by atoms with van der Waals surface area (Å²) in [7, 11) is 0. The Balaban J connectivity index is 1.32. The average molecular weight is 318 g/mol. The van der Waals surface area contributed by atoms with Gasteiger partial charge in [0.15, 0.2) is 5.82 Å². The second-order valence-corrected chi connectivity index (χ2v) is 6.50. The summed E-state index contributed by atoms with van der Waals surface area (Å²) >= 11 is 5.85. The van der Waals surface area contributed by atoms with Crippen molar-refractivity contribution >= 4 is 17.5 Å². The fourth-order valence-corrected chi connectivity index (χ4v) is 2.77. The highest BCUT2D eigenvalue weighted by atomic mass is 35.5. The number of aromatic nitrogens is 2. The van der Waals surface area contributed by atoms with Crippen LogP contribution >= 0.6 is 11.6 Å². The molecule has 114 valence electrons. The molecule has 1 aliphatic carbocycles. The highest BCUT2D eigenvalue weighted by molar-refractivity contribution is 6.30. The van der Waals surface area contributed by atoms with Crippen molar-refractivity contribution in [1.29, 1.82) is 0 Å². The third-order valence-electron chi connectivity index (χ3n) is 4.25. The van der Waals surface area contributed by atoms with E-state index in [1.165, 1.54) is 0 Å². The van der Waals surface area contributed by atoms with E-state index in [0.717, 1.165) is 24.2 Å². The zero-order valence-electron chi connectivity index (χ0n) is 12.0. The van der Waals surface area contributed by atoms with Gasteiger partial charge < -0.3 is 9.42 Å². The topological polar surface area (TPSA) is 59.2 Å². The summed E-state index contributed by atoms with van der Waals surface area (Å²) in [5.41, 5.74) is 0.978. The molecule has 2 aliphatic rings. The third-order valence-corrected chi connectivity index (χ3v) is 4.50. The summed E-state index contributed by atoms with van der Waals surface area (Å²) < 4.78 is 5.32. The molecule has 0 N–H and O–H groups in total. The molecule has 4 rings (SSSR count). The highest BCUT2D eigenvalue weighted by Crippen LogP contribution is 2.39. The van der Waals surface area contributed by atoms with E-state index in [1.807, 2.05) is 17.0 Å². The molecule has 0 radical (unpaired) electrons. The van der Waals surface area contributed by atoms with Gasteiger partial charge in [-0.2, -0.15) is 4.98 Å². The summed E-state index contributed by atoms with van der Waals surface area (Å²) in [6, 6.07) is 7.39. The lowest BCUT2D eigenvalue weighted by molar-refractivity contribution is -0.135. The second-order valence-electron chi connectivity index (χ2n) is 6.06. The van der Waals surface area contributed by atoms with Crippen LogP contribution in [-0.4, -0.2) is 34.0 Å². The van der Waals surface area contributed by atoms with Gasteiger partial charge in [-0.1, -0.05) is 28.9 Å². The molecule has 0 bridgehead atoms. The normalized spacial score (nSPS) is 18.3. The van der Waals surface area contributed by atoms with E-state index in [0.29, 0.717) is 36.3 Å². The number of carbonyl (C=O) groups excluding carboxylic acids is 1. The van der Waals surface area contributed by atoms with Gasteiger partial charge in [0.1, 0.15) is 0 Å². The molecule has 0 atom stereocenters. The molecular formula is C16H16ClN3O2. The van der Waals surface area contributed by atoms with Crippen molar-refractivity contribution in [3.8, 4) is 0 Å². The summed E-state index contributed by atoms with van der Waals surface area (Å²) in [5.74, 6) is 2.33. The van der Waals surface area contributed by atoms with Crippen LogP contribution in [0.5, 0.6) is 0 Å². The van der Waals surface area contributed by atoms with Gasteiger partial charge in [0, 0.05) is 24.0 Å². The number of carbonyl (C=O) groups is 1. The first kappa shape index (κ1) is 13.8. The Morgan fingerprint density at radius 2 is 1.95 bits per heavy atom. The minimum atomic E-state index is 0.125. The SMILES string of the molecule is O=C(Cc1ccc(Cl)cc1)N1CC(c2nc(C3CC3)no2)C1. The van der Waals surface area contributed by atoms with Crippen LogP contribution in [0, 0.1) is 0 Å². The highest BCUT2D eigenvalue weighted by Gasteiger charge is 2.37. The van der Waals surface area contributed by atoms with E-state index >= 15 is 0 Å². The number of likely N-dealkylation sites (tertiary alicyclic amines) is 1.